The monoisotopic (exact) mass is 371 g/mol. The Kier molecular flexibility index (Phi) is 7.34. The summed E-state index contributed by atoms with van der Waals surface area (Å²) in [6.07, 6.45) is 3.06. The van der Waals surface area contributed by atoms with E-state index in [9.17, 15) is 17.6 Å². The van der Waals surface area contributed by atoms with E-state index in [1.165, 1.54) is 12.1 Å². The summed E-state index contributed by atoms with van der Waals surface area (Å²) in [5, 5.41) is 2.96. The van der Waals surface area contributed by atoms with Crippen LogP contribution in [0.15, 0.2) is 29.2 Å². The molecule has 0 unspecified atom stereocenters. The van der Waals surface area contributed by atoms with Crippen molar-refractivity contribution in [1.29, 1.82) is 0 Å². The number of hydrogen-bond acceptors (Lipinski definition) is 4. The molecule has 0 bridgehead atoms. The van der Waals surface area contributed by atoms with E-state index in [1.54, 1.807) is 0 Å². The maximum Gasteiger partial charge on any atom is 0.240 e. The molecule has 1 aliphatic rings. The summed E-state index contributed by atoms with van der Waals surface area (Å²) in [6, 6.07) is 4.73. The topological polar surface area (TPSA) is 78.5 Å². The van der Waals surface area contributed by atoms with E-state index < -0.39 is 15.8 Å². The van der Waals surface area contributed by atoms with Crippen molar-refractivity contribution in [3.05, 3.63) is 30.1 Å². The van der Waals surface area contributed by atoms with Crippen molar-refractivity contribution in [2.45, 2.75) is 43.5 Å². The highest BCUT2D eigenvalue weighted by molar-refractivity contribution is 7.89. The zero-order valence-corrected chi connectivity index (χ0v) is 15.3. The van der Waals surface area contributed by atoms with Crippen molar-refractivity contribution >= 4 is 15.9 Å². The van der Waals surface area contributed by atoms with Gasteiger partial charge in [0, 0.05) is 32.1 Å². The van der Waals surface area contributed by atoms with Crippen LogP contribution in [0, 0.1) is 5.82 Å². The molecule has 0 atom stereocenters. The summed E-state index contributed by atoms with van der Waals surface area (Å²) in [4.78, 5) is 14.3. The Labute approximate surface area is 148 Å². The Morgan fingerprint density at radius 3 is 2.48 bits per heavy atom. The Bertz CT molecular complexity index is 656. The lowest BCUT2D eigenvalue weighted by Crippen LogP contribution is -2.45. The fourth-order valence-corrected chi connectivity index (χ4v) is 3.94. The van der Waals surface area contributed by atoms with Gasteiger partial charge >= 0.3 is 0 Å². The number of rotatable bonds is 8. The molecule has 2 N–H and O–H groups in total. The van der Waals surface area contributed by atoms with Gasteiger partial charge in [0.1, 0.15) is 5.82 Å². The van der Waals surface area contributed by atoms with Crippen LogP contribution in [0.3, 0.4) is 0 Å². The van der Waals surface area contributed by atoms with Crippen molar-refractivity contribution in [2.75, 3.05) is 26.2 Å². The predicted molar refractivity (Wildman–Crippen MR) is 94.1 cm³/mol. The largest absolute Gasteiger partial charge is 0.353 e. The van der Waals surface area contributed by atoms with Crippen molar-refractivity contribution < 1.29 is 17.6 Å². The third-order valence-electron chi connectivity index (χ3n) is 4.26. The van der Waals surface area contributed by atoms with Crippen LogP contribution in [0.1, 0.15) is 32.6 Å². The molecule has 0 aromatic heterocycles. The van der Waals surface area contributed by atoms with Crippen LogP contribution >= 0.6 is 0 Å². The van der Waals surface area contributed by atoms with Crippen LogP contribution in [0.2, 0.25) is 0 Å². The summed E-state index contributed by atoms with van der Waals surface area (Å²) in [5.41, 5.74) is 0. The number of carbonyl (C=O) groups excluding carboxylic acids is 1. The van der Waals surface area contributed by atoms with Crippen LogP contribution < -0.4 is 10.0 Å². The van der Waals surface area contributed by atoms with Crippen LogP contribution in [0.5, 0.6) is 0 Å². The number of halogens is 1. The number of nitrogens with one attached hydrogen (secondary N) is 2. The van der Waals surface area contributed by atoms with Gasteiger partial charge in [0.25, 0.3) is 0 Å². The second-order valence-corrected chi connectivity index (χ2v) is 8.05. The van der Waals surface area contributed by atoms with Gasteiger partial charge in [-0.3, -0.25) is 4.79 Å². The molecule has 1 heterocycles. The molecular weight excluding hydrogens is 345 g/mol. The van der Waals surface area contributed by atoms with Gasteiger partial charge in [-0.05, 0) is 50.1 Å². The molecule has 2 rings (SSSR count). The standard InChI is InChI=1S/C17H26FN3O3S/c1-2-11-21-12-8-15(9-13-21)20-17(22)7-10-19-25(23,24)16-5-3-14(18)4-6-16/h3-6,15,19H,2,7-13H2,1H3,(H,20,22). The van der Waals surface area contributed by atoms with E-state index in [1.807, 2.05) is 0 Å². The Morgan fingerprint density at radius 1 is 1.24 bits per heavy atom. The summed E-state index contributed by atoms with van der Waals surface area (Å²) in [6.45, 7) is 5.22. The fraction of sp³-hybridized carbons (Fsp3) is 0.588. The molecule has 6 nitrogen and oxygen atoms in total. The maximum absolute atomic E-state index is 12.9. The molecule has 1 aromatic carbocycles. The lowest BCUT2D eigenvalue weighted by molar-refractivity contribution is -0.121. The maximum atomic E-state index is 12.9. The van der Waals surface area contributed by atoms with Crippen molar-refractivity contribution in [3.63, 3.8) is 0 Å². The lowest BCUT2D eigenvalue weighted by Gasteiger charge is -2.32. The summed E-state index contributed by atoms with van der Waals surface area (Å²) >= 11 is 0. The Hall–Kier alpha value is -1.51. The third kappa shape index (κ3) is 6.37. The number of benzene rings is 1. The van der Waals surface area contributed by atoms with Crippen molar-refractivity contribution in [3.8, 4) is 0 Å². The van der Waals surface area contributed by atoms with E-state index in [4.69, 9.17) is 0 Å². The van der Waals surface area contributed by atoms with Crippen molar-refractivity contribution in [2.24, 2.45) is 0 Å². The minimum atomic E-state index is -3.72. The Balaban J connectivity index is 1.71. The van der Waals surface area contributed by atoms with Crippen molar-refractivity contribution in [1.82, 2.24) is 14.9 Å². The van der Waals surface area contributed by atoms with Gasteiger partial charge in [0.15, 0.2) is 0 Å². The van der Waals surface area contributed by atoms with Gasteiger partial charge in [-0.25, -0.2) is 17.5 Å². The minimum absolute atomic E-state index is 0.0141. The molecule has 0 saturated carbocycles. The van der Waals surface area contributed by atoms with Gasteiger partial charge in [0.05, 0.1) is 4.90 Å². The van der Waals surface area contributed by atoms with Crippen LogP contribution in [0.4, 0.5) is 4.39 Å². The molecule has 0 spiro atoms. The van der Waals surface area contributed by atoms with Gasteiger partial charge in [-0.1, -0.05) is 6.92 Å². The van der Waals surface area contributed by atoms with Gasteiger partial charge in [0.2, 0.25) is 15.9 Å². The van der Waals surface area contributed by atoms with E-state index in [0.29, 0.717) is 0 Å². The van der Waals surface area contributed by atoms with E-state index in [0.717, 1.165) is 51.0 Å². The molecular formula is C17H26FN3O3S. The second kappa shape index (κ2) is 9.26. The second-order valence-electron chi connectivity index (χ2n) is 6.29. The molecule has 25 heavy (non-hydrogen) atoms. The molecule has 0 aliphatic carbocycles. The minimum Gasteiger partial charge on any atom is -0.353 e. The normalized spacial score (nSPS) is 16.7. The van der Waals surface area contributed by atoms with Crippen LogP contribution in [-0.4, -0.2) is 51.4 Å². The highest BCUT2D eigenvalue weighted by Gasteiger charge is 2.20. The molecule has 1 saturated heterocycles. The number of carbonyl (C=O) groups is 1. The van der Waals surface area contributed by atoms with Gasteiger partial charge in [-0.2, -0.15) is 0 Å². The number of hydrogen-bond donors (Lipinski definition) is 2. The SMILES string of the molecule is CCCN1CCC(NC(=O)CCNS(=O)(=O)c2ccc(F)cc2)CC1. The summed E-state index contributed by atoms with van der Waals surface area (Å²) in [7, 11) is -3.72. The first kappa shape index (κ1) is 19.8. The number of piperidine rings is 1. The molecule has 0 radical (unpaired) electrons. The summed E-state index contributed by atoms with van der Waals surface area (Å²) < 4.78 is 39.3. The van der Waals surface area contributed by atoms with Crippen LogP contribution in [-0.2, 0) is 14.8 Å². The summed E-state index contributed by atoms with van der Waals surface area (Å²) in [5.74, 6) is -0.654. The molecule has 1 amide bonds. The fourth-order valence-electron chi connectivity index (χ4n) is 2.91. The molecule has 1 aliphatic heterocycles. The third-order valence-corrected chi connectivity index (χ3v) is 5.74. The van der Waals surface area contributed by atoms with Gasteiger partial charge < -0.3 is 10.2 Å². The zero-order chi connectivity index (χ0) is 18.3. The first-order chi connectivity index (χ1) is 11.9. The van der Waals surface area contributed by atoms with E-state index >= 15 is 0 Å². The lowest BCUT2D eigenvalue weighted by atomic mass is 10.0. The smallest absolute Gasteiger partial charge is 0.240 e. The molecule has 1 fully saturated rings. The van der Waals surface area contributed by atoms with Crippen LogP contribution in [0.25, 0.3) is 0 Å². The number of likely N-dealkylation sites (tertiary alicyclic amines) is 1. The number of amides is 1. The molecule has 140 valence electrons. The quantitative estimate of drug-likeness (QED) is 0.726. The molecule has 1 aromatic rings. The van der Waals surface area contributed by atoms with E-state index in [2.05, 4.69) is 21.9 Å². The average Bonchev–Trinajstić information content (AvgIpc) is 2.57. The highest BCUT2D eigenvalue weighted by atomic mass is 32.2. The number of nitrogens with zero attached hydrogens (tertiary/aromatic N) is 1. The first-order valence-corrected chi connectivity index (χ1v) is 10.2. The zero-order valence-electron chi connectivity index (χ0n) is 14.5. The average molecular weight is 371 g/mol. The molecule has 8 heteroatoms. The predicted octanol–water partition coefficient (Wildman–Crippen LogP) is 1.48. The first-order valence-electron chi connectivity index (χ1n) is 8.67. The number of sulfonamides is 1. The highest BCUT2D eigenvalue weighted by Crippen LogP contribution is 2.11. The van der Waals surface area contributed by atoms with Gasteiger partial charge in [-0.15, -0.1) is 0 Å². The van der Waals surface area contributed by atoms with E-state index in [-0.39, 0.29) is 29.8 Å². The Morgan fingerprint density at radius 2 is 1.88 bits per heavy atom.